The Balaban J connectivity index is 3.25. The van der Waals surface area contributed by atoms with E-state index in [0.29, 0.717) is 12.7 Å². The first kappa shape index (κ1) is 12.6. The summed E-state index contributed by atoms with van der Waals surface area (Å²) in [5, 5.41) is 11.4. The molecule has 5 nitrogen and oxygen atoms in total. The van der Waals surface area contributed by atoms with Crippen molar-refractivity contribution in [3.05, 3.63) is 12.3 Å². The molecule has 0 aliphatic rings. The van der Waals surface area contributed by atoms with Crippen molar-refractivity contribution in [3.8, 4) is 0 Å². The molecule has 0 amide bonds. The van der Waals surface area contributed by atoms with Crippen LogP contribution in [0.1, 0.15) is 19.3 Å². The molecule has 1 unspecified atom stereocenters. The summed E-state index contributed by atoms with van der Waals surface area (Å²) in [4.78, 5) is 20.2. The number of nitrogens with one attached hydrogen (secondary N) is 1. The van der Waals surface area contributed by atoms with E-state index in [9.17, 15) is 9.59 Å². The minimum absolute atomic E-state index is 0.481. The van der Waals surface area contributed by atoms with Crippen LogP contribution < -0.4 is 11.1 Å². The molecule has 0 spiro atoms. The van der Waals surface area contributed by atoms with Gasteiger partial charge in [-0.25, -0.2) is 0 Å². The van der Waals surface area contributed by atoms with Gasteiger partial charge >= 0.3 is 5.97 Å². The third kappa shape index (κ3) is 7.30. The van der Waals surface area contributed by atoms with Gasteiger partial charge in [0.1, 0.15) is 12.3 Å². The van der Waals surface area contributed by atoms with Crippen molar-refractivity contribution < 1.29 is 14.7 Å². The Morgan fingerprint density at radius 1 is 1.50 bits per heavy atom. The second kappa shape index (κ2) is 8.25. The summed E-state index contributed by atoms with van der Waals surface area (Å²) in [6, 6.07) is -0.763. The van der Waals surface area contributed by atoms with Crippen molar-refractivity contribution in [3.63, 3.8) is 0 Å². The molecule has 0 saturated heterocycles. The van der Waals surface area contributed by atoms with Crippen LogP contribution in [0.3, 0.4) is 0 Å². The summed E-state index contributed by atoms with van der Waals surface area (Å²) < 4.78 is 0. The van der Waals surface area contributed by atoms with Crippen LogP contribution in [0.5, 0.6) is 0 Å². The molecule has 0 bridgehead atoms. The topological polar surface area (TPSA) is 92.4 Å². The van der Waals surface area contributed by atoms with Gasteiger partial charge in [0.15, 0.2) is 0 Å². The minimum Gasteiger partial charge on any atom is -0.480 e. The van der Waals surface area contributed by atoms with Gasteiger partial charge in [-0.15, -0.1) is 0 Å². The van der Waals surface area contributed by atoms with Crippen molar-refractivity contribution in [2.75, 3.05) is 6.54 Å². The van der Waals surface area contributed by atoms with Crippen LogP contribution >= 0.6 is 0 Å². The number of aldehydes is 1. The summed E-state index contributed by atoms with van der Waals surface area (Å²) in [6.07, 6.45) is 5.69. The molecule has 0 heterocycles. The highest BCUT2D eigenvalue weighted by molar-refractivity contribution is 5.72. The largest absolute Gasteiger partial charge is 0.480 e. The molecule has 0 aromatic carbocycles. The zero-order valence-corrected chi connectivity index (χ0v) is 7.98. The fraction of sp³-hybridized carbons (Fsp3) is 0.556. The zero-order valence-electron chi connectivity index (χ0n) is 7.98. The standard InChI is InChI=1S/C9H16N2O3/c10-8(9(13)14)4-1-2-5-11-6-3-7-12/h3,6-8,11H,1-2,4-5,10H2,(H,13,14). The predicted molar refractivity (Wildman–Crippen MR) is 52.7 cm³/mol. The van der Waals surface area contributed by atoms with Gasteiger partial charge in [-0.2, -0.15) is 0 Å². The van der Waals surface area contributed by atoms with E-state index in [4.69, 9.17) is 10.8 Å². The van der Waals surface area contributed by atoms with E-state index >= 15 is 0 Å². The van der Waals surface area contributed by atoms with E-state index < -0.39 is 12.0 Å². The Morgan fingerprint density at radius 2 is 2.21 bits per heavy atom. The molecule has 0 aromatic rings. The van der Waals surface area contributed by atoms with Crippen LogP contribution in [0.4, 0.5) is 0 Å². The molecular weight excluding hydrogens is 184 g/mol. The quantitative estimate of drug-likeness (QED) is 0.288. The van der Waals surface area contributed by atoms with E-state index in [1.165, 1.54) is 6.08 Å². The lowest BCUT2D eigenvalue weighted by molar-refractivity contribution is -0.138. The lowest BCUT2D eigenvalue weighted by atomic mass is 10.1. The lowest BCUT2D eigenvalue weighted by Gasteiger charge is -2.05. The fourth-order valence-corrected chi connectivity index (χ4v) is 0.905. The number of rotatable bonds is 8. The molecule has 0 radical (unpaired) electrons. The Kier molecular flexibility index (Phi) is 7.45. The number of carboxylic acids is 1. The normalized spacial score (nSPS) is 12.6. The van der Waals surface area contributed by atoms with Gasteiger partial charge in [-0.05, 0) is 31.5 Å². The third-order valence-corrected chi connectivity index (χ3v) is 1.70. The highest BCUT2D eigenvalue weighted by Crippen LogP contribution is 1.97. The summed E-state index contributed by atoms with van der Waals surface area (Å²) in [6.45, 7) is 0.719. The van der Waals surface area contributed by atoms with Crippen molar-refractivity contribution in [2.24, 2.45) is 5.73 Å². The molecule has 5 heteroatoms. The number of unbranched alkanes of at least 4 members (excludes halogenated alkanes) is 1. The average Bonchev–Trinajstić information content (AvgIpc) is 2.16. The van der Waals surface area contributed by atoms with Crippen LogP contribution in [0, 0.1) is 0 Å². The van der Waals surface area contributed by atoms with E-state index in [0.717, 1.165) is 19.4 Å². The number of nitrogens with two attached hydrogens (primary N) is 1. The van der Waals surface area contributed by atoms with Gasteiger partial charge in [0.2, 0.25) is 0 Å². The molecule has 4 N–H and O–H groups in total. The molecule has 0 aromatic heterocycles. The number of hydrogen-bond donors (Lipinski definition) is 3. The number of hydrogen-bond acceptors (Lipinski definition) is 4. The lowest BCUT2D eigenvalue weighted by Crippen LogP contribution is -2.29. The van der Waals surface area contributed by atoms with Crippen molar-refractivity contribution in [2.45, 2.75) is 25.3 Å². The SMILES string of the molecule is NC(CCCCNC=CC=O)C(=O)O. The number of aliphatic carboxylic acids is 1. The van der Waals surface area contributed by atoms with Crippen LogP contribution in [-0.4, -0.2) is 29.9 Å². The molecule has 0 fully saturated rings. The van der Waals surface area contributed by atoms with Crippen LogP contribution in [-0.2, 0) is 9.59 Å². The molecule has 1 atom stereocenters. The van der Waals surface area contributed by atoms with Gasteiger partial charge in [0.05, 0.1) is 0 Å². The molecule has 0 rings (SSSR count). The van der Waals surface area contributed by atoms with Gasteiger partial charge in [-0.1, -0.05) is 0 Å². The molecule has 0 saturated carbocycles. The molecule has 0 aliphatic heterocycles. The Morgan fingerprint density at radius 3 is 2.79 bits per heavy atom. The van der Waals surface area contributed by atoms with Gasteiger partial charge in [0, 0.05) is 6.54 Å². The maximum atomic E-state index is 10.3. The van der Waals surface area contributed by atoms with Crippen molar-refractivity contribution in [1.82, 2.24) is 5.32 Å². The van der Waals surface area contributed by atoms with Crippen molar-refractivity contribution in [1.29, 1.82) is 0 Å². The molecular formula is C9H16N2O3. The summed E-state index contributed by atoms with van der Waals surface area (Å²) in [5.74, 6) is -0.959. The Hall–Kier alpha value is -1.36. The fourth-order valence-electron chi connectivity index (χ4n) is 0.905. The first-order valence-corrected chi connectivity index (χ1v) is 4.50. The summed E-state index contributed by atoms with van der Waals surface area (Å²) in [5.41, 5.74) is 5.30. The first-order chi connectivity index (χ1) is 6.68. The molecule has 0 aliphatic carbocycles. The van der Waals surface area contributed by atoms with Gasteiger partial charge in [0.25, 0.3) is 0 Å². The van der Waals surface area contributed by atoms with Crippen LogP contribution in [0.25, 0.3) is 0 Å². The molecule has 80 valence electrons. The van der Waals surface area contributed by atoms with Crippen LogP contribution in [0.2, 0.25) is 0 Å². The maximum Gasteiger partial charge on any atom is 0.320 e. The predicted octanol–water partition coefficient (Wildman–Crippen LogP) is -0.129. The number of allylic oxidation sites excluding steroid dienone is 1. The first-order valence-electron chi connectivity index (χ1n) is 4.50. The Labute approximate surface area is 83.0 Å². The number of carbonyl (C=O) groups excluding carboxylic acids is 1. The number of carboxylic acid groups (broad SMARTS) is 1. The second-order valence-electron chi connectivity index (χ2n) is 2.89. The summed E-state index contributed by atoms with van der Waals surface area (Å²) in [7, 11) is 0. The van der Waals surface area contributed by atoms with E-state index in [2.05, 4.69) is 5.32 Å². The maximum absolute atomic E-state index is 10.3. The average molecular weight is 200 g/mol. The second-order valence-corrected chi connectivity index (χ2v) is 2.89. The summed E-state index contributed by atoms with van der Waals surface area (Å²) >= 11 is 0. The monoisotopic (exact) mass is 200 g/mol. The smallest absolute Gasteiger partial charge is 0.320 e. The van der Waals surface area contributed by atoms with Gasteiger partial charge in [-0.3, -0.25) is 9.59 Å². The van der Waals surface area contributed by atoms with E-state index in [1.807, 2.05) is 0 Å². The highest BCUT2D eigenvalue weighted by atomic mass is 16.4. The highest BCUT2D eigenvalue weighted by Gasteiger charge is 2.09. The Bertz CT molecular complexity index is 204. The van der Waals surface area contributed by atoms with E-state index in [-0.39, 0.29) is 0 Å². The third-order valence-electron chi connectivity index (χ3n) is 1.70. The van der Waals surface area contributed by atoms with Gasteiger partial charge < -0.3 is 16.2 Å². The van der Waals surface area contributed by atoms with Crippen molar-refractivity contribution >= 4 is 12.3 Å². The minimum atomic E-state index is -0.959. The molecule has 14 heavy (non-hydrogen) atoms. The number of carbonyl (C=O) groups is 2. The van der Waals surface area contributed by atoms with E-state index in [1.54, 1.807) is 6.20 Å². The zero-order chi connectivity index (χ0) is 10.8. The van der Waals surface area contributed by atoms with Crippen LogP contribution in [0.15, 0.2) is 12.3 Å².